The lowest BCUT2D eigenvalue weighted by Gasteiger charge is -2.26. The third kappa shape index (κ3) is 14.4. The van der Waals surface area contributed by atoms with Crippen molar-refractivity contribution in [2.75, 3.05) is 19.8 Å². The number of ether oxygens (including phenoxy) is 2. The molecule has 1 aromatic carbocycles. The molecule has 3 N–H and O–H groups in total. The number of azide groups is 1. The van der Waals surface area contributed by atoms with Gasteiger partial charge in [-0.1, -0.05) is 54.5 Å². The van der Waals surface area contributed by atoms with Crippen molar-refractivity contribution in [2.45, 2.75) is 102 Å². The topological polar surface area (TPSA) is 162 Å². The lowest BCUT2D eigenvalue weighted by molar-refractivity contribution is -0.153. The Kier molecular flexibility index (Phi) is 17.2. The van der Waals surface area contributed by atoms with Gasteiger partial charge in [0.15, 0.2) is 0 Å². The molecular weight excluding hydrogens is 562 g/mol. The van der Waals surface area contributed by atoms with E-state index in [2.05, 4.69) is 15.9 Å². The fourth-order valence-corrected chi connectivity index (χ4v) is 5.47. The highest BCUT2D eigenvalue weighted by molar-refractivity contribution is 5.70. The highest BCUT2D eigenvalue weighted by Gasteiger charge is 2.40. The third-order valence-corrected chi connectivity index (χ3v) is 8.17. The molecule has 44 heavy (non-hydrogen) atoms. The van der Waals surface area contributed by atoms with Crippen molar-refractivity contribution in [3.8, 4) is 12.3 Å². The fourth-order valence-electron chi connectivity index (χ4n) is 5.47. The van der Waals surface area contributed by atoms with Crippen LogP contribution >= 0.6 is 0 Å². The van der Waals surface area contributed by atoms with E-state index in [0.29, 0.717) is 57.8 Å². The Bertz CT molecular complexity index is 1120. The highest BCUT2D eigenvalue weighted by Crippen LogP contribution is 2.38. The van der Waals surface area contributed by atoms with E-state index in [9.17, 15) is 24.9 Å². The Labute approximate surface area is 261 Å². The van der Waals surface area contributed by atoms with Crippen LogP contribution in [0.1, 0.15) is 83.1 Å². The standard InChI is InChI=1S/C34H49N3O7/c1-3-4-8-16-32(41)43-24-34(2,23-36-37-35)25-44-33(42)17-12-6-5-11-15-28-29(31(40)22-30(28)39)21-20-27(38)19-18-26-13-9-7-10-14-26/h1,5,7,9-11,13-14,27-31,38-40H,4,6,8,12,15-25H2,2H3/b11-5-/t27-,28+,29+,30-,31+,34?/m0/s1. The molecule has 0 spiro atoms. The monoisotopic (exact) mass is 611 g/mol. The number of aliphatic hydroxyl groups excluding tert-OH is 3. The maximum absolute atomic E-state index is 12.3. The van der Waals surface area contributed by atoms with Crippen LogP contribution in [0.2, 0.25) is 0 Å². The summed E-state index contributed by atoms with van der Waals surface area (Å²) in [5.41, 5.74) is 9.06. The van der Waals surface area contributed by atoms with Gasteiger partial charge in [0.25, 0.3) is 0 Å². The average Bonchev–Trinajstić information content (AvgIpc) is 3.29. The van der Waals surface area contributed by atoms with Gasteiger partial charge in [0.2, 0.25) is 0 Å². The molecule has 2 rings (SSSR count). The smallest absolute Gasteiger partial charge is 0.305 e. The highest BCUT2D eigenvalue weighted by atomic mass is 16.5. The molecule has 242 valence electrons. The predicted octanol–water partition coefficient (Wildman–Crippen LogP) is 5.44. The maximum Gasteiger partial charge on any atom is 0.305 e. The molecule has 0 heterocycles. The number of rotatable bonds is 21. The van der Waals surface area contributed by atoms with Gasteiger partial charge in [0, 0.05) is 36.1 Å². The number of carbonyl (C=O) groups excluding carboxylic acids is 2. The number of terminal acetylenes is 1. The Morgan fingerprint density at radius 3 is 2.41 bits per heavy atom. The molecule has 10 heteroatoms. The predicted molar refractivity (Wildman–Crippen MR) is 168 cm³/mol. The van der Waals surface area contributed by atoms with E-state index in [1.165, 1.54) is 5.56 Å². The molecule has 0 saturated heterocycles. The second-order valence-electron chi connectivity index (χ2n) is 12.1. The molecule has 1 aliphatic carbocycles. The minimum Gasteiger partial charge on any atom is -0.465 e. The molecule has 0 bridgehead atoms. The number of unbranched alkanes of at least 4 members (excludes halogenated alkanes) is 2. The quantitative estimate of drug-likeness (QED) is 0.0317. The van der Waals surface area contributed by atoms with Crippen LogP contribution in [0, 0.1) is 29.6 Å². The minimum atomic E-state index is -0.843. The summed E-state index contributed by atoms with van der Waals surface area (Å²) < 4.78 is 10.7. The van der Waals surface area contributed by atoms with Crippen LogP contribution in [-0.4, -0.2) is 65.3 Å². The summed E-state index contributed by atoms with van der Waals surface area (Å²) in [5.74, 6) is 1.51. The summed E-state index contributed by atoms with van der Waals surface area (Å²) in [6, 6.07) is 10.0. The van der Waals surface area contributed by atoms with Gasteiger partial charge in [-0.25, -0.2) is 0 Å². The molecule has 6 atom stereocenters. The molecule has 1 unspecified atom stereocenters. The number of benzene rings is 1. The van der Waals surface area contributed by atoms with Crippen LogP contribution in [-0.2, 0) is 25.5 Å². The van der Waals surface area contributed by atoms with Crippen LogP contribution in [0.4, 0.5) is 0 Å². The molecular formula is C34H49N3O7. The van der Waals surface area contributed by atoms with Crippen molar-refractivity contribution in [3.63, 3.8) is 0 Å². The van der Waals surface area contributed by atoms with Gasteiger partial charge in [0.05, 0.1) is 18.3 Å². The van der Waals surface area contributed by atoms with Crippen LogP contribution in [0.25, 0.3) is 10.4 Å². The normalized spacial score (nSPS) is 21.6. The van der Waals surface area contributed by atoms with Crippen molar-refractivity contribution in [3.05, 3.63) is 58.5 Å². The van der Waals surface area contributed by atoms with Crippen molar-refractivity contribution < 1.29 is 34.4 Å². The lowest BCUT2D eigenvalue weighted by atomic mass is 9.85. The first-order chi connectivity index (χ1) is 21.2. The summed E-state index contributed by atoms with van der Waals surface area (Å²) >= 11 is 0. The van der Waals surface area contributed by atoms with Crippen LogP contribution in [0.3, 0.4) is 0 Å². The van der Waals surface area contributed by atoms with Crippen LogP contribution in [0.5, 0.6) is 0 Å². The Morgan fingerprint density at radius 2 is 1.75 bits per heavy atom. The SMILES string of the molecule is C#CCCCC(=O)OCC(C)(CN=[N+]=[N-])COC(=O)CCC/C=C\C[C@@H]1[C@@H](CC[C@@H](O)CCc2ccccc2)[C@H](O)C[C@@H]1O. The van der Waals surface area contributed by atoms with Crippen molar-refractivity contribution >= 4 is 11.9 Å². The maximum atomic E-state index is 12.3. The Balaban J connectivity index is 1.70. The minimum absolute atomic E-state index is 0.00646. The van der Waals surface area contributed by atoms with E-state index in [1.54, 1.807) is 6.92 Å². The first kappa shape index (κ1) is 36.8. The van der Waals surface area contributed by atoms with Gasteiger partial charge in [-0.2, -0.15) is 0 Å². The summed E-state index contributed by atoms with van der Waals surface area (Å²) in [6.45, 7) is 1.63. The second-order valence-corrected chi connectivity index (χ2v) is 12.1. The molecule has 1 aliphatic rings. The second kappa shape index (κ2) is 20.6. The Morgan fingerprint density at radius 1 is 1.09 bits per heavy atom. The number of esters is 2. The van der Waals surface area contributed by atoms with E-state index in [-0.39, 0.29) is 44.4 Å². The fraction of sp³-hybridized carbons (Fsp3) is 0.647. The molecule has 0 aliphatic heterocycles. The van der Waals surface area contributed by atoms with E-state index >= 15 is 0 Å². The molecule has 0 aromatic heterocycles. The number of carbonyl (C=O) groups is 2. The van der Waals surface area contributed by atoms with Crippen LogP contribution < -0.4 is 0 Å². The summed E-state index contributed by atoms with van der Waals surface area (Å²) in [7, 11) is 0. The first-order valence-electron chi connectivity index (χ1n) is 15.7. The van der Waals surface area contributed by atoms with Gasteiger partial charge in [-0.15, -0.1) is 12.3 Å². The number of allylic oxidation sites excluding steroid dienone is 2. The van der Waals surface area contributed by atoms with Crippen LogP contribution in [0.15, 0.2) is 47.6 Å². The molecule has 0 amide bonds. The number of aryl methyl sites for hydroxylation is 1. The number of hydrogen-bond donors (Lipinski definition) is 3. The van der Waals surface area contributed by atoms with Gasteiger partial charge >= 0.3 is 11.9 Å². The lowest BCUT2D eigenvalue weighted by Crippen LogP contribution is -2.34. The van der Waals surface area contributed by atoms with Gasteiger partial charge in [0.1, 0.15) is 13.2 Å². The Hall–Kier alpha value is -3.35. The summed E-state index contributed by atoms with van der Waals surface area (Å²) in [4.78, 5) is 27.0. The van der Waals surface area contributed by atoms with E-state index in [4.69, 9.17) is 21.4 Å². The molecule has 1 saturated carbocycles. The molecule has 0 radical (unpaired) electrons. The van der Waals surface area contributed by atoms with Crippen molar-refractivity contribution in [1.29, 1.82) is 0 Å². The van der Waals surface area contributed by atoms with Gasteiger partial charge in [-0.05, 0) is 80.7 Å². The van der Waals surface area contributed by atoms with Crippen molar-refractivity contribution in [2.24, 2.45) is 22.4 Å². The van der Waals surface area contributed by atoms with E-state index in [0.717, 1.165) is 6.42 Å². The number of hydrogen-bond acceptors (Lipinski definition) is 8. The summed E-state index contributed by atoms with van der Waals surface area (Å²) in [5, 5.41) is 35.1. The largest absolute Gasteiger partial charge is 0.465 e. The molecule has 1 fully saturated rings. The zero-order chi connectivity index (χ0) is 32.2. The first-order valence-corrected chi connectivity index (χ1v) is 15.7. The summed E-state index contributed by atoms with van der Waals surface area (Å²) in [6.07, 6.45) is 13.8. The van der Waals surface area contributed by atoms with Gasteiger partial charge in [-0.3, -0.25) is 9.59 Å². The average molecular weight is 612 g/mol. The molecule has 10 nitrogen and oxygen atoms in total. The number of aliphatic hydroxyl groups is 3. The van der Waals surface area contributed by atoms with Gasteiger partial charge < -0.3 is 24.8 Å². The third-order valence-electron chi connectivity index (χ3n) is 8.17. The zero-order valence-corrected chi connectivity index (χ0v) is 25.9. The van der Waals surface area contributed by atoms with E-state index in [1.807, 2.05) is 42.5 Å². The van der Waals surface area contributed by atoms with Crippen molar-refractivity contribution in [1.82, 2.24) is 0 Å². The zero-order valence-electron chi connectivity index (χ0n) is 25.9. The van der Waals surface area contributed by atoms with E-state index < -0.39 is 35.7 Å². The molecule has 1 aromatic rings. The number of nitrogens with zero attached hydrogens (tertiary/aromatic N) is 3.